The van der Waals surface area contributed by atoms with Crippen molar-refractivity contribution in [1.29, 1.82) is 0 Å². The van der Waals surface area contributed by atoms with Gasteiger partial charge in [-0.15, -0.1) is 0 Å². The van der Waals surface area contributed by atoms with Gasteiger partial charge in [-0.2, -0.15) is 24.9 Å². The van der Waals surface area contributed by atoms with Crippen LogP contribution in [-0.2, 0) is 4.79 Å². The molecule has 0 aromatic heterocycles. The van der Waals surface area contributed by atoms with E-state index < -0.39 is 18.6 Å². The Kier molecular flexibility index (Phi) is 5.94. The fraction of sp³-hybridized carbons (Fsp3) is 0.857. The van der Waals surface area contributed by atoms with Crippen LogP contribution in [0.5, 0.6) is 0 Å². The molecule has 0 unspecified atom stereocenters. The molecule has 0 fully saturated rings. The Morgan fingerprint density at radius 2 is 2.08 bits per heavy atom. The summed E-state index contributed by atoms with van der Waals surface area (Å²) < 4.78 is 34.8. The van der Waals surface area contributed by atoms with E-state index >= 15 is 0 Å². The third-order valence-corrected chi connectivity index (χ3v) is 1.94. The standard InChI is InChI=1S/C7H12F3NOS/c1-13-4-2-3-6(12)11-5-7(8,9)10/h2-5H2,1H3,(H,11,12). The first-order valence-electron chi connectivity index (χ1n) is 3.78. The second-order valence-corrected chi connectivity index (χ2v) is 3.47. The summed E-state index contributed by atoms with van der Waals surface area (Å²) >= 11 is 1.57. The Labute approximate surface area is 79.3 Å². The summed E-state index contributed by atoms with van der Waals surface area (Å²) in [5.41, 5.74) is 0. The van der Waals surface area contributed by atoms with Crippen molar-refractivity contribution in [3.63, 3.8) is 0 Å². The molecule has 0 radical (unpaired) electrons. The number of thioether (sulfide) groups is 1. The lowest BCUT2D eigenvalue weighted by Crippen LogP contribution is -2.33. The fourth-order valence-corrected chi connectivity index (χ4v) is 1.10. The summed E-state index contributed by atoms with van der Waals surface area (Å²) in [4.78, 5) is 10.7. The Hall–Kier alpha value is -0.390. The van der Waals surface area contributed by atoms with Gasteiger partial charge in [0.2, 0.25) is 5.91 Å². The van der Waals surface area contributed by atoms with Gasteiger partial charge < -0.3 is 5.32 Å². The van der Waals surface area contributed by atoms with E-state index in [0.29, 0.717) is 6.42 Å². The van der Waals surface area contributed by atoms with Gasteiger partial charge in [0.1, 0.15) is 6.54 Å². The molecule has 2 nitrogen and oxygen atoms in total. The summed E-state index contributed by atoms with van der Waals surface area (Å²) in [5.74, 6) is 0.255. The number of hydrogen-bond acceptors (Lipinski definition) is 2. The van der Waals surface area contributed by atoms with Crippen LogP contribution in [0.15, 0.2) is 0 Å². The third-order valence-electron chi connectivity index (χ3n) is 1.24. The van der Waals surface area contributed by atoms with E-state index in [-0.39, 0.29) is 6.42 Å². The average molecular weight is 215 g/mol. The van der Waals surface area contributed by atoms with Crippen LogP contribution in [0.25, 0.3) is 0 Å². The molecule has 0 aliphatic heterocycles. The summed E-state index contributed by atoms with van der Waals surface area (Å²) in [6.45, 7) is -1.23. The molecule has 0 saturated carbocycles. The summed E-state index contributed by atoms with van der Waals surface area (Å²) in [6.07, 6.45) is -1.65. The zero-order valence-corrected chi connectivity index (χ0v) is 8.10. The molecule has 0 atom stereocenters. The molecule has 0 rings (SSSR count). The predicted molar refractivity (Wildman–Crippen MR) is 46.7 cm³/mol. The Balaban J connectivity index is 3.41. The predicted octanol–water partition coefficient (Wildman–Crippen LogP) is 1.81. The van der Waals surface area contributed by atoms with E-state index in [1.807, 2.05) is 11.6 Å². The maximum Gasteiger partial charge on any atom is 0.405 e. The van der Waals surface area contributed by atoms with Crippen molar-refractivity contribution in [2.75, 3.05) is 18.6 Å². The molecular weight excluding hydrogens is 203 g/mol. The highest BCUT2D eigenvalue weighted by Gasteiger charge is 2.27. The van der Waals surface area contributed by atoms with Crippen LogP contribution in [0.1, 0.15) is 12.8 Å². The monoisotopic (exact) mass is 215 g/mol. The highest BCUT2D eigenvalue weighted by molar-refractivity contribution is 7.98. The van der Waals surface area contributed by atoms with E-state index in [9.17, 15) is 18.0 Å². The van der Waals surface area contributed by atoms with Gasteiger partial charge in [0.15, 0.2) is 0 Å². The van der Waals surface area contributed by atoms with Crippen molar-refractivity contribution in [3.05, 3.63) is 0 Å². The topological polar surface area (TPSA) is 29.1 Å². The van der Waals surface area contributed by atoms with Gasteiger partial charge in [-0.25, -0.2) is 0 Å². The van der Waals surface area contributed by atoms with Crippen LogP contribution in [0.2, 0.25) is 0 Å². The first-order chi connectivity index (χ1) is 5.95. The van der Waals surface area contributed by atoms with Crippen LogP contribution < -0.4 is 5.32 Å². The highest BCUT2D eigenvalue weighted by Crippen LogP contribution is 2.12. The molecular formula is C7H12F3NOS. The largest absolute Gasteiger partial charge is 0.405 e. The number of nitrogens with one attached hydrogen (secondary N) is 1. The Morgan fingerprint density at radius 3 is 2.54 bits per heavy atom. The molecule has 13 heavy (non-hydrogen) atoms. The number of amides is 1. The van der Waals surface area contributed by atoms with Gasteiger partial charge in [-0.1, -0.05) is 0 Å². The minimum Gasteiger partial charge on any atom is -0.347 e. The number of carbonyl (C=O) groups is 1. The van der Waals surface area contributed by atoms with Gasteiger partial charge in [0.25, 0.3) is 0 Å². The van der Waals surface area contributed by atoms with Crippen molar-refractivity contribution in [2.24, 2.45) is 0 Å². The molecule has 0 saturated heterocycles. The van der Waals surface area contributed by atoms with Crippen LogP contribution in [0, 0.1) is 0 Å². The van der Waals surface area contributed by atoms with Crippen LogP contribution >= 0.6 is 11.8 Å². The molecule has 0 aliphatic carbocycles. The quantitative estimate of drug-likeness (QED) is 0.709. The van der Waals surface area contributed by atoms with Crippen LogP contribution in [0.4, 0.5) is 13.2 Å². The normalized spacial score (nSPS) is 11.4. The van der Waals surface area contributed by atoms with Crippen molar-refractivity contribution < 1.29 is 18.0 Å². The van der Waals surface area contributed by atoms with E-state index in [1.54, 1.807) is 11.8 Å². The van der Waals surface area contributed by atoms with Gasteiger partial charge in [-0.3, -0.25) is 4.79 Å². The lowest BCUT2D eigenvalue weighted by Gasteiger charge is -2.07. The third kappa shape index (κ3) is 9.52. The molecule has 0 aromatic rings. The average Bonchev–Trinajstić information content (AvgIpc) is 2.00. The van der Waals surface area contributed by atoms with E-state index in [4.69, 9.17) is 0 Å². The number of rotatable bonds is 5. The summed E-state index contributed by atoms with van der Waals surface area (Å²) in [6, 6.07) is 0. The smallest absolute Gasteiger partial charge is 0.347 e. The lowest BCUT2D eigenvalue weighted by atomic mass is 10.3. The molecule has 0 spiro atoms. The zero-order valence-electron chi connectivity index (χ0n) is 7.28. The Bertz CT molecular complexity index is 160. The van der Waals surface area contributed by atoms with Crippen LogP contribution in [-0.4, -0.2) is 30.6 Å². The van der Waals surface area contributed by atoms with Gasteiger partial charge in [0.05, 0.1) is 0 Å². The van der Waals surface area contributed by atoms with Crippen molar-refractivity contribution in [2.45, 2.75) is 19.0 Å². The number of alkyl halides is 3. The van der Waals surface area contributed by atoms with E-state index in [0.717, 1.165) is 5.75 Å². The van der Waals surface area contributed by atoms with E-state index in [2.05, 4.69) is 0 Å². The minimum atomic E-state index is -4.31. The lowest BCUT2D eigenvalue weighted by molar-refractivity contribution is -0.138. The Morgan fingerprint density at radius 1 is 1.46 bits per heavy atom. The molecule has 1 N–H and O–H groups in total. The van der Waals surface area contributed by atoms with Crippen molar-refractivity contribution in [1.82, 2.24) is 5.32 Å². The molecule has 0 bridgehead atoms. The van der Waals surface area contributed by atoms with Gasteiger partial charge in [-0.05, 0) is 18.4 Å². The maximum atomic E-state index is 11.6. The zero-order chi connectivity index (χ0) is 10.3. The molecule has 1 amide bonds. The minimum absolute atomic E-state index is 0.164. The molecule has 78 valence electrons. The van der Waals surface area contributed by atoms with Crippen LogP contribution in [0.3, 0.4) is 0 Å². The van der Waals surface area contributed by atoms with E-state index in [1.165, 1.54) is 0 Å². The van der Waals surface area contributed by atoms with Gasteiger partial charge >= 0.3 is 6.18 Å². The number of halogens is 3. The van der Waals surface area contributed by atoms with Crippen molar-refractivity contribution in [3.8, 4) is 0 Å². The second kappa shape index (κ2) is 6.12. The fourth-order valence-electron chi connectivity index (χ4n) is 0.664. The molecule has 0 aliphatic rings. The number of hydrogen-bond donors (Lipinski definition) is 1. The van der Waals surface area contributed by atoms with Gasteiger partial charge in [0, 0.05) is 6.42 Å². The SMILES string of the molecule is CSCCCC(=O)NCC(F)(F)F. The molecule has 6 heteroatoms. The van der Waals surface area contributed by atoms with Crippen molar-refractivity contribution >= 4 is 17.7 Å². The molecule has 0 aromatic carbocycles. The maximum absolute atomic E-state index is 11.6. The number of carbonyl (C=O) groups excluding carboxylic acids is 1. The highest BCUT2D eigenvalue weighted by atomic mass is 32.2. The summed E-state index contributed by atoms with van der Waals surface area (Å²) in [7, 11) is 0. The second-order valence-electron chi connectivity index (χ2n) is 2.49. The first kappa shape index (κ1) is 12.6. The molecule has 0 heterocycles. The summed E-state index contributed by atoms with van der Waals surface area (Å²) in [5, 5.41) is 1.81. The first-order valence-corrected chi connectivity index (χ1v) is 5.17.